The molecular formula is C8H14N2O2. The highest BCUT2D eigenvalue weighted by Crippen LogP contribution is 2.15. The summed E-state index contributed by atoms with van der Waals surface area (Å²) in [5.74, 6) is -0.376. The molecule has 1 aliphatic heterocycles. The molecule has 1 rings (SSSR count). The average Bonchev–Trinajstić information content (AvgIpc) is 2.08. The fourth-order valence-corrected chi connectivity index (χ4v) is 1.33. The van der Waals surface area contributed by atoms with Gasteiger partial charge in [-0.25, -0.2) is 5.48 Å². The molecule has 4 nitrogen and oxygen atoms in total. The number of amides is 1. The third-order valence-electron chi connectivity index (χ3n) is 2.19. The van der Waals surface area contributed by atoms with Gasteiger partial charge in [-0.05, 0) is 20.4 Å². The van der Waals surface area contributed by atoms with E-state index >= 15 is 0 Å². The Morgan fingerprint density at radius 3 is 2.92 bits per heavy atom. The zero-order chi connectivity index (χ0) is 9.14. The molecule has 0 aromatic carbocycles. The fourth-order valence-electron chi connectivity index (χ4n) is 1.33. The number of carbonyl (C=O) groups excluding carboxylic acids is 1. The van der Waals surface area contributed by atoms with Crippen LogP contribution in [0.3, 0.4) is 0 Å². The molecule has 0 aromatic rings. The maximum absolute atomic E-state index is 11.1. The first-order chi connectivity index (χ1) is 5.65. The lowest BCUT2D eigenvalue weighted by Crippen LogP contribution is -2.34. The third kappa shape index (κ3) is 1.84. The van der Waals surface area contributed by atoms with Gasteiger partial charge >= 0.3 is 0 Å². The van der Waals surface area contributed by atoms with E-state index in [-0.39, 0.29) is 5.91 Å². The molecule has 4 heteroatoms. The summed E-state index contributed by atoms with van der Waals surface area (Å²) in [5, 5.41) is 8.44. The normalized spacial score (nSPS) is 19.6. The van der Waals surface area contributed by atoms with Crippen LogP contribution in [0.15, 0.2) is 11.1 Å². The molecule has 68 valence electrons. The summed E-state index contributed by atoms with van der Waals surface area (Å²) in [4.78, 5) is 13.1. The smallest absolute Gasteiger partial charge is 0.271 e. The monoisotopic (exact) mass is 170 g/mol. The van der Waals surface area contributed by atoms with E-state index in [1.165, 1.54) is 0 Å². The summed E-state index contributed by atoms with van der Waals surface area (Å²) >= 11 is 0. The molecule has 0 saturated heterocycles. The van der Waals surface area contributed by atoms with Crippen molar-refractivity contribution >= 4 is 5.91 Å². The molecule has 0 aliphatic carbocycles. The number of likely N-dealkylation sites (N-methyl/N-ethyl adjacent to an activating group) is 1. The SMILES string of the molecule is CC1=C(C(=O)NO)CN(C)CC1. The molecule has 12 heavy (non-hydrogen) atoms. The van der Waals surface area contributed by atoms with Crippen molar-refractivity contribution in [1.29, 1.82) is 0 Å². The van der Waals surface area contributed by atoms with E-state index in [2.05, 4.69) is 4.90 Å². The van der Waals surface area contributed by atoms with E-state index < -0.39 is 0 Å². The molecule has 0 unspecified atom stereocenters. The van der Waals surface area contributed by atoms with Crippen molar-refractivity contribution in [2.45, 2.75) is 13.3 Å². The van der Waals surface area contributed by atoms with Gasteiger partial charge in [-0.1, -0.05) is 5.57 Å². The Morgan fingerprint density at radius 1 is 1.67 bits per heavy atom. The summed E-state index contributed by atoms with van der Waals surface area (Å²) in [7, 11) is 1.96. The molecule has 1 heterocycles. The number of hydroxylamine groups is 1. The van der Waals surface area contributed by atoms with Crippen molar-refractivity contribution < 1.29 is 10.0 Å². The highest BCUT2D eigenvalue weighted by Gasteiger charge is 2.18. The maximum Gasteiger partial charge on any atom is 0.271 e. The predicted molar refractivity (Wildman–Crippen MR) is 44.7 cm³/mol. The number of nitrogens with zero attached hydrogens (tertiary/aromatic N) is 1. The molecular weight excluding hydrogens is 156 g/mol. The minimum Gasteiger partial charge on any atom is -0.302 e. The Labute approximate surface area is 71.8 Å². The molecule has 1 amide bonds. The molecule has 0 saturated carbocycles. The molecule has 2 N–H and O–H groups in total. The second-order valence-corrected chi connectivity index (χ2v) is 3.19. The van der Waals surface area contributed by atoms with Crippen molar-refractivity contribution in [3.63, 3.8) is 0 Å². The summed E-state index contributed by atoms with van der Waals surface area (Å²) < 4.78 is 0. The van der Waals surface area contributed by atoms with Crippen molar-refractivity contribution in [2.24, 2.45) is 0 Å². The van der Waals surface area contributed by atoms with Gasteiger partial charge in [0.05, 0.1) is 0 Å². The highest BCUT2D eigenvalue weighted by molar-refractivity contribution is 5.93. The predicted octanol–water partition coefficient (Wildman–Crippen LogP) is 0.144. The topological polar surface area (TPSA) is 52.6 Å². The van der Waals surface area contributed by atoms with Crippen LogP contribution < -0.4 is 5.48 Å². The van der Waals surface area contributed by atoms with Crippen LogP contribution in [-0.4, -0.2) is 36.2 Å². The van der Waals surface area contributed by atoms with E-state index in [1.54, 1.807) is 5.48 Å². The number of carbonyl (C=O) groups is 1. The summed E-state index contributed by atoms with van der Waals surface area (Å²) in [5.41, 5.74) is 3.42. The Morgan fingerprint density at radius 2 is 2.33 bits per heavy atom. The van der Waals surface area contributed by atoms with Crippen LogP contribution in [0.1, 0.15) is 13.3 Å². The standard InChI is InChI=1S/C8H14N2O2/c1-6-3-4-10(2)5-7(6)8(11)9-12/h12H,3-5H2,1-2H3,(H,9,11). The minimum absolute atomic E-state index is 0.376. The van der Waals surface area contributed by atoms with Gasteiger partial charge in [0.15, 0.2) is 0 Å². The third-order valence-corrected chi connectivity index (χ3v) is 2.19. The van der Waals surface area contributed by atoms with Crippen LogP contribution >= 0.6 is 0 Å². The van der Waals surface area contributed by atoms with E-state index in [0.717, 1.165) is 18.5 Å². The van der Waals surface area contributed by atoms with Crippen LogP contribution in [0.5, 0.6) is 0 Å². The van der Waals surface area contributed by atoms with E-state index in [4.69, 9.17) is 5.21 Å². The zero-order valence-corrected chi connectivity index (χ0v) is 7.42. The number of hydrogen-bond acceptors (Lipinski definition) is 3. The molecule has 0 radical (unpaired) electrons. The van der Waals surface area contributed by atoms with Crippen molar-refractivity contribution in [1.82, 2.24) is 10.4 Å². The first-order valence-corrected chi connectivity index (χ1v) is 3.96. The highest BCUT2D eigenvalue weighted by atomic mass is 16.5. The number of nitrogens with one attached hydrogen (secondary N) is 1. The molecule has 0 spiro atoms. The van der Waals surface area contributed by atoms with Crippen LogP contribution in [0.2, 0.25) is 0 Å². The van der Waals surface area contributed by atoms with Crippen LogP contribution in [0.25, 0.3) is 0 Å². The summed E-state index contributed by atoms with van der Waals surface area (Å²) in [6.45, 7) is 3.53. The minimum atomic E-state index is -0.376. The maximum atomic E-state index is 11.1. The lowest BCUT2D eigenvalue weighted by atomic mass is 10.0. The Kier molecular flexibility index (Phi) is 2.83. The zero-order valence-electron chi connectivity index (χ0n) is 7.42. The lowest BCUT2D eigenvalue weighted by molar-refractivity contribution is -0.125. The van der Waals surface area contributed by atoms with Crippen molar-refractivity contribution in [2.75, 3.05) is 20.1 Å². The molecule has 0 fully saturated rings. The largest absolute Gasteiger partial charge is 0.302 e. The molecule has 1 aliphatic rings. The van der Waals surface area contributed by atoms with Crippen molar-refractivity contribution in [3.05, 3.63) is 11.1 Å². The first-order valence-electron chi connectivity index (χ1n) is 3.96. The quantitative estimate of drug-likeness (QED) is 0.435. The van der Waals surface area contributed by atoms with Gasteiger partial charge in [0.2, 0.25) is 0 Å². The Balaban J connectivity index is 2.77. The van der Waals surface area contributed by atoms with Gasteiger partial charge < -0.3 is 4.90 Å². The van der Waals surface area contributed by atoms with Gasteiger partial charge in [-0.2, -0.15) is 0 Å². The average molecular weight is 170 g/mol. The first kappa shape index (κ1) is 9.22. The Hall–Kier alpha value is -0.870. The number of hydrogen-bond donors (Lipinski definition) is 2. The summed E-state index contributed by atoms with van der Waals surface area (Å²) in [6, 6.07) is 0. The van der Waals surface area contributed by atoms with Crippen molar-refractivity contribution in [3.8, 4) is 0 Å². The van der Waals surface area contributed by atoms with Gasteiger partial charge in [-0.15, -0.1) is 0 Å². The second kappa shape index (κ2) is 3.69. The van der Waals surface area contributed by atoms with E-state index in [0.29, 0.717) is 12.1 Å². The van der Waals surface area contributed by atoms with E-state index in [9.17, 15) is 4.79 Å². The molecule has 0 bridgehead atoms. The van der Waals surface area contributed by atoms with Crippen LogP contribution in [-0.2, 0) is 4.79 Å². The lowest BCUT2D eigenvalue weighted by Gasteiger charge is -2.24. The van der Waals surface area contributed by atoms with E-state index in [1.807, 2.05) is 14.0 Å². The van der Waals surface area contributed by atoms with Crippen LogP contribution in [0, 0.1) is 0 Å². The van der Waals surface area contributed by atoms with Gasteiger partial charge in [0, 0.05) is 18.7 Å². The van der Waals surface area contributed by atoms with Crippen LogP contribution in [0.4, 0.5) is 0 Å². The summed E-state index contributed by atoms with van der Waals surface area (Å²) in [6.07, 6.45) is 0.902. The Bertz CT molecular complexity index is 223. The van der Waals surface area contributed by atoms with Gasteiger partial charge in [0.1, 0.15) is 0 Å². The fraction of sp³-hybridized carbons (Fsp3) is 0.625. The van der Waals surface area contributed by atoms with Gasteiger partial charge in [-0.3, -0.25) is 10.0 Å². The molecule has 0 aromatic heterocycles. The molecule has 0 atom stereocenters. The van der Waals surface area contributed by atoms with Gasteiger partial charge in [0.25, 0.3) is 5.91 Å². The second-order valence-electron chi connectivity index (χ2n) is 3.19. The number of rotatable bonds is 1.